The Labute approximate surface area is 183 Å². The first-order chi connectivity index (χ1) is 14.4. The molecule has 31 heavy (non-hydrogen) atoms. The van der Waals surface area contributed by atoms with Crippen LogP contribution in [0.25, 0.3) is 11.3 Å². The lowest BCUT2D eigenvalue weighted by atomic mass is 10.1. The van der Waals surface area contributed by atoms with Crippen LogP contribution in [0.2, 0.25) is 0 Å². The van der Waals surface area contributed by atoms with Gasteiger partial charge in [0.25, 0.3) is 10.0 Å². The second kappa shape index (κ2) is 8.39. The van der Waals surface area contributed by atoms with Crippen LogP contribution in [-0.2, 0) is 21.4 Å². The fourth-order valence-corrected chi connectivity index (χ4v) is 5.03. The molecule has 7 nitrogen and oxygen atoms in total. The molecule has 0 aliphatic carbocycles. The minimum absolute atomic E-state index is 0.0749. The lowest BCUT2D eigenvalue weighted by molar-refractivity contribution is 0.0753. The van der Waals surface area contributed by atoms with Crippen molar-refractivity contribution in [1.82, 2.24) is 13.9 Å². The van der Waals surface area contributed by atoms with Gasteiger partial charge in [-0.25, -0.2) is 26.6 Å². The van der Waals surface area contributed by atoms with Gasteiger partial charge in [-0.3, -0.25) is 0 Å². The van der Waals surface area contributed by atoms with E-state index in [1.807, 2.05) is 0 Å². The van der Waals surface area contributed by atoms with Crippen molar-refractivity contribution < 1.29 is 26.7 Å². The van der Waals surface area contributed by atoms with E-state index in [0.29, 0.717) is 3.97 Å². The van der Waals surface area contributed by atoms with E-state index >= 15 is 4.39 Å². The zero-order chi connectivity index (χ0) is 23.0. The fraction of sp³-hybridized carbons (Fsp3) is 0.300. The minimum atomic E-state index is -4.23. The van der Waals surface area contributed by atoms with Crippen LogP contribution < -0.4 is 0 Å². The van der Waals surface area contributed by atoms with Crippen molar-refractivity contribution in [2.45, 2.75) is 37.8 Å². The molecule has 3 heterocycles. The highest BCUT2D eigenvalue weighted by molar-refractivity contribution is 7.90. The Balaban J connectivity index is 2.07. The number of halogens is 2. The Kier molecular flexibility index (Phi) is 6.19. The van der Waals surface area contributed by atoms with Crippen LogP contribution in [0.5, 0.6) is 0 Å². The summed E-state index contributed by atoms with van der Waals surface area (Å²) in [6.45, 7) is 4.85. The van der Waals surface area contributed by atoms with Gasteiger partial charge in [-0.05, 0) is 44.4 Å². The van der Waals surface area contributed by atoms with E-state index in [2.05, 4.69) is 4.98 Å². The van der Waals surface area contributed by atoms with Crippen LogP contribution in [0.1, 0.15) is 26.3 Å². The van der Waals surface area contributed by atoms with Gasteiger partial charge in [0.2, 0.25) is 5.95 Å². The molecule has 1 amide bonds. The van der Waals surface area contributed by atoms with Gasteiger partial charge in [0, 0.05) is 35.9 Å². The fourth-order valence-electron chi connectivity index (χ4n) is 2.62. The first-order valence-corrected chi connectivity index (χ1v) is 11.5. The van der Waals surface area contributed by atoms with E-state index in [4.69, 9.17) is 4.74 Å². The number of ether oxygens (including phenoxy) is 1. The van der Waals surface area contributed by atoms with E-state index in [9.17, 15) is 17.6 Å². The third-order valence-corrected chi connectivity index (χ3v) is 7.17. The van der Waals surface area contributed by atoms with Crippen molar-refractivity contribution in [2.24, 2.45) is 0 Å². The summed E-state index contributed by atoms with van der Waals surface area (Å²) in [5.74, 6) is -2.05. The van der Waals surface area contributed by atoms with Crippen molar-refractivity contribution >= 4 is 27.5 Å². The van der Waals surface area contributed by atoms with Crippen molar-refractivity contribution in [1.29, 1.82) is 0 Å². The summed E-state index contributed by atoms with van der Waals surface area (Å²) in [6, 6.07) is 3.95. The summed E-state index contributed by atoms with van der Waals surface area (Å²) in [6.07, 6.45) is 1.45. The van der Waals surface area contributed by atoms with Crippen LogP contribution in [0, 0.1) is 11.8 Å². The number of nitrogens with zero attached hydrogens (tertiary/aromatic N) is 3. The number of carbonyl (C=O) groups is 1. The monoisotopic (exact) mass is 469 g/mol. The van der Waals surface area contributed by atoms with E-state index in [0.717, 1.165) is 17.5 Å². The Morgan fingerprint density at radius 3 is 2.58 bits per heavy atom. The molecule has 0 aliphatic heterocycles. The second-order valence-corrected chi connectivity index (χ2v) is 10.3. The minimum Gasteiger partial charge on any atom is -0.444 e. The molecule has 3 aromatic heterocycles. The van der Waals surface area contributed by atoms with Crippen LogP contribution in [0.15, 0.2) is 46.2 Å². The maximum Gasteiger partial charge on any atom is 0.410 e. The number of hydrogen-bond acceptors (Lipinski definition) is 6. The summed E-state index contributed by atoms with van der Waals surface area (Å²) < 4.78 is 61.7. The molecule has 0 aromatic carbocycles. The number of pyridine rings is 1. The van der Waals surface area contributed by atoms with Crippen LogP contribution in [0.4, 0.5) is 13.6 Å². The van der Waals surface area contributed by atoms with Crippen molar-refractivity contribution in [3.63, 3.8) is 0 Å². The van der Waals surface area contributed by atoms with Gasteiger partial charge >= 0.3 is 6.09 Å². The van der Waals surface area contributed by atoms with Gasteiger partial charge in [-0.15, -0.1) is 0 Å². The molecule has 0 bridgehead atoms. The average Bonchev–Trinajstić information content (AvgIpc) is 3.34. The van der Waals surface area contributed by atoms with Gasteiger partial charge < -0.3 is 9.64 Å². The molecular formula is C20H21F2N3O4S2. The average molecular weight is 470 g/mol. The van der Waals surface area contributed by atoms with E-state index in [1.165, 1.54) is 41.7 Å². The molecule has 0 saturated carbocycles. The summed E-state index contributed by atoms with van der Waals surface area (Å²) in [7, 11) is -2.70. The molecule has 0 saturated heterocycles. The summed E-state index contributed by atoms with van der Waals surface area (Å²) in [4.78, 5) is 17.0. The molecule has 166 valence electrons. The summed E-state index contributed by atoms with van der Waals surface area (Å²) in [5, 5.41) is 2.94. The van der Waals surface area contributed by atoms with Crippen LogP contribution in [-0.4, -0.2) is 41.0 Å². The molecule has 3 rings (SSSR count). The highest BCUT2D eigenvalue weighted by Gasteiger charge is 2.30. The molecular weight excluding hydrogens is 448 g/mol. The largest absolute Gasteiger partial charge is 0.444 e. The normalized spacial score (nSPS) is 12.1. The molecule has 0 atom stereocenters. The number of aromatic nitrogens is 2. The maximum absolute atomic E-state index is 15.3. The number of thiophene rings is 1. The zero-order valence-corrected chi connectivity index (χ0v) is 18.9. The van der Waals surface area contributed by atoms with Gasteiger partial charge in [-0.1, -0.05) is 0 Å². The van der Waals surface area contributed by atoms with E-state index in [1.54, 1.807) is 26.2 Å². The number of rotatable bonds is 5. The SMILES string of the molecule is CN(C(=O)OCc1cn(S(=O)(=O)c2ccsc2)c(-c2cccnc2F)c1F)C(C)(C)C. The van der Waals surface area contributed by atoms with Crippen molar-refractivity contribution in [3.05, 3.63) is 58.7 Å². The zero-order valence-electron chi connectivity index (χ0n) is 17.3. The second-order valence-electron chi connectivity index (χ2n) is 7.70. The molecule has 0 unspecified atom stereocenters. The van der Waals surface area contributed by atoms with Gasteiger partial charge in [0.1, 0.15) is 12.3 Å². The lowest BCUT2D eigenvalue weighted by Gasteiger charge is -2.30. The highest BCUT2D eigenvalue weighted by Crippen LogP contribution is 2.32. The molecule has 0 aliphatic rings. The Morgan fingerprint density at radius 2 is 2.00 bits per heavy atom. The molecule has 0 radical (unpaired) electrons. The van der Waals surface area contributed by atoms with Gasteiger partial charge in [0.15, 0.2) is 5.82 Å². The maximum atomic E-state index is 15.3. The summed E-state index contributed by atoms with van der Waals surface area (Å²) >= 11 is 1.15. The third-order valence-electron chi connectivity index (χ3n) is 4.68. The number of carbonyl (C=O) groups excluding carboxylic acids is 1. The molecule has 0 fully saturated rings. The van der Waals surface area contributed by atoms with E-state index < -0.39 is 45.7 Å². The summed E-state index contributed by atoms with van der Waals surface area (Å²) in [5.41, 5.74) is -1.60. The molecule has 3 aromatic rings. The third kappa shape index (κ3) is 4.47. The number of amides is 1. The van der Waals surface area contributed by atoms with Gasteiger partial charge in [0.05, 0.1) is 10.5 Å². The Morgan fingerprint density at radius 1 is 1.29 bits per heavy atom. The molecule has 0 spiro atoms. The smallest absolute Gasteiger partial charge is 0.410 e. The first-order valence-electron chi connectivity index (χ1n) is 9.13. The number of hydrogen-bond donors (Lipinski definition) is 0. The Hall–Kier alpha value is -2.79. The highest BCUT2D eigenvalue weighted by atomic mass is 32.2. The predicted octanol–water partition coefficient (Wildman–Crippen LogP) is 4.49. The standard InChI is InChI=1S/C20H21F2N3O4S2/c1-20(2,3)24(4)19(26)29-11-13-10-25(31(27,28)14-7-9-30-12-14)17(16(13)21)15-6-5-8-23-18(15)22/h5-10,12H,11H2,1-4H3. The topological polar surface area (TPSA) is 81.5 Å². The first kappa shape index (κ1) is 22.9. The molecule has 11 heteroatoms. The van der Waals surface area contributed by atoms with Crippen molar-refractivity contribution in [3.8, 4) is 11.3 Å². The predicted molar refractivity (Wildman–Crippen MR) is 112 cm³/mol. The quantitative estimate of drug-likeness (QED) is 0.514. The lowest BCUT2D eigenvalue weighted by Crippen LogP contribution is -2.42. The van der Waals surface area contributed by atoms with Crippen LogP contribution >= 0.6 is 11.3 Å². The van der Waals surface area contributed by atoms with Gasteiger partial charge in [-0.2, -0.15) is 15.7 Å². The van der Waals surface area contributed by atoms with Crippen molar-refractivity contribution in [2.75, 3.05) is 7.05 Å². The Bertz CT molecular complexity index is 1200. The molecule has 0 N–H and O–H groups in total. The van der Waals surface area contributed by atoms with Crippen LogP contribution in [0.3, 0.4) is 0 Å². The van der Waals surface area contributed by atoms with E-state index in [-0.39, 0.29) is 16.0 Å².